The third-order valence-corrected chi connectivity index (χ3v) is 5.55. The van der Waals surface area contributed by atoms with E-state index >= 15 is 0 Å². The number of carboxylic acid groups (broad SMARTS) is 1. The van der Waals surface area contributed by atoms with Crippen LogP contribution in [0.2, 0.25) is 0 Å². The number of carboxylic acids is 1. The minimum atomic E-state index is -0.968. The van der Waals surface area contributed by atoms with Crippen LogP contribution >= 0.6 is 11.3 Å². The Morgan fingerprint density at radius 1 is 1.21 bits per heavy atom. The molecule has 1 aliphatic carbocycles. The monoisotopic (exact) mass is 341 g/mol. The van der Waals surface area contributed by atoms with E-state index < -0.39 is 5.97 Å². The van der Waals surface area contributed by atoms with E-state index in [4.69, 9.17) is 5.11 Å². The molecule has 1 aromatic carbocycles. The SMILES string of the molecule is O=C(O)c1ccc(Cn2nnc3sc4c(c3c2=O)CCCC4)cc1. The number of rotatable bonds is 3. The lowest BCUT2D eigenvalue weighted by Gasteiger charge is -2.10. The van der Waals surface area contributed by atoms with Crippen molar-refractivity contribution >= 4 is 27.5 Å². The standard InChI is InChI=1S/C17H15N3O3S/c21-16-14-12-3-1-2-4-13(12)24-15(14)18-19-20(16)9-10-5-7-11(8-6-10)17(22)23/h5-8H,1-4,9H2,(H,22,23). The van der Waals surface area contributed by atoms with Crippen molar-refractivity contribution < 1.29 is 9.90 Å². The number of benzene rings is 1. The lowest BCUT2D eigenvalue weighted by molar-refractivity contribution is 0.0697. The fraction of sp³-hybridized carbons (Fsp3) is 0.294. The van der Waals surface area contributed by atoms with Crippen LogP contribution in [0.15, 0.2) is 29.1 Å². The summed E-state index contributed by atoms with van der Waals surface area (Å²) in [4.78, 5) is 25.7. The lowest BCUT2D eigenvalue weighted by Crippen LogP contribution is -2.25. The van der Waals surface area contributed by atoms with Gasteiger partial charge in [0, 0.05) is 4.88 Å². The fourth-order valence-electron chi connectivity index (χ4n) is 3.14. The Bertz CT molecular complexity index is 989. The molecule has 0 bridgehead atoms. The summed E-state index contributed by atoms with van der Waals surface area (Å²) in [5.41, 5.74) is 2.08. The van der Waals surface area contributed by atoms with E-state index in [1.54, 1.807) is 23.5 Å². The van der Waals surface area contributed by atoms with Crippen molar-refractivity contribution in [3.63, 3.8) is 0 Å². The molecule has 6 nitrogen and oxygen atoms in total. The van der Waals surface area contributed by atoms with Crippen molar-refractivity contribution in [1.29, 1.82) is 0 Å². The van der Waals surface area contributed by atoms with Gasteiger partial charge in [0.1, 0.15) is 0 Å². The first-order chi connectivity index (χ1) is 11.6. The highest BCUT2D eigenvalue weighted by Gasteiger charge is 2.20. The van der Waals surface area contributed by atoms with E-state index in [1.807, 2.05) is 0 Å². The molecule has 7 heteroatoms. The van der Waals surface area contributed by atoms with Gasteiger partial charge < -0.3 is 5.11 Å². The number of aryl methyl sites for hydroxylation is 2. The molecule has 3 aromatic rings. The second-order valence-corrected chi connectivity index (χ2v) is 7.03. The average molecular weight is 341 g/mol. The number of thiophene rings is 1. The average Bonchev–Trinajstić information content (AvgIpc) is 2.97. The molecule has 0 saturated heterocycles. The first kappa shape index (κ1) is 15.0. The molecule has 0 unspecified atom stereocenters. The van der Waals surface area contributed by atoms with Crippen LogP contribution in [0.5, 0.6) is 0 Å². The predicted molar refractivity (Wildman–Crippen MR) is 90.8 cm³/mol. The Morgan fingerprint density at radius 3 is 2.71 bits per heavy atom. The molecule has 24 heavy (non-hydrogen) atoms. The Kier molecular flexibility index (Phi) is 3.65. The van der Waals surface area contributed by atoms with Crippen LogP contribution in [0, 0.1) is 0 Å². The first-order valence-electron chi connectivity index (χ1n) is 7.84. The zero-order valence-electron chi connectivity index (χ0n) is 12.9. The van der Waals surface area contributed by atoms with E-state index in [2.05, 4.69) is 10.3 Å². The van der Waals surface area contributed by atoms with Gasteiger partial charge in [0.2, 0.25) is 0 Å². The Balaban J connectivity index is 1.73. The molecule has 0 aliphatic heterocycles. The maximum Gasteiger partial charge on any atom is 0.335 e. The second-order valence-electron chi connectivity index (χ2n) is 5.95. The van der Waals surface area contributed by atoms with E-state index in [0.717, 1.165) is 41.6 Å². The van der Waals surface area contributed by atoms with Gasteiger partial charge in [-0.05, 0) is 48.9 Å². The molecular weight excluding hydrogens is 326 g/mol. The zero-order valence-corrected chi connectivity index (χ0v) is 13.7. The third kappa shape index (κ3) is 2.50. The predicted octanol–water partition coefficient (Wildman–Crippen LogP) is 2.48. The van der Waals surface area contributed by atoms with Crippen LogP contribution in [-0.4, -0.2) is 26.1 Å². The van der Waals surface area contributed by atoms with E-state index in [0.29, 0.717) is 5.39 Å². The second kappa shape index (κ2) is 5.83. The molecule has 0 radical (unpaired) electrons. The summed E-state index contributed by atoms with van der Waals surface area (Å²) in [6.07, 6.45) is 4.23. The molecule has 1 aliphatic rings. The summed E-state index contributed by atoms with van der Waals surface area (Å²) in [5.74, 6) is -0.968. The molecule has 0 saturated carbocycles. The normalized spacial score (nSPS) is 13.8. The molecule has 0 fully saturated rings. The van der Waals surface area contributed by atoms with Crippen LogP contribution in [0.1, 0.15) is 39.2 Å². The summed E-state index contributed by atoms with van der Waals surface area (Å²) in [5, 5.41) is 17.9. The molecule has 122 valence electrons. The van der Waals surface area contributed by atoms with Gasteiger partial charge in [-0.1, -0.05) is 17.3 Å². The molecule has 2 aromatic heterocycles. The van der Waals surface area contributed by atoms with Crippen LogP contribution < -0.4 is 5.56 Å². The van der Waals surface area contributed by atoms with Gasteiger partial charge in [0.05, 0.1) is 17.5 Å². The molecule has 4 rings (SSSR count). The van der Waals surface area contributed by atoms with Crippen molar-refractivity contribution in [1.82, 2.24) is 15.0 Å². The van der Waals surface area contributed by atoms with Gasteiger partial charge >= 0.3 is 5.97 Å². The highest BCUT2D eigenvalue weighted by atomic mass is 32.1. The van der Waals surface area contributed by atoms with Crippen LogP contribution in [0.25, 0.3) is 10.2 Å². The maximum atomic E-state index is 12.8. The zero-order chi connectivity index (χ0) is 16.7. The summed E-state index contributed by atoms with van der Waals surface area (Å²) in [6.45, 7) is 0.284. The van der Waals surface area contributed by atoms with Crippen LogP contribution in [-0.2, 0) is 19.4 Å². The number of hydrogen-bond acceptors (Lipinski definition) is 5. The topological polar surface area (TPSA) is 85.1 Å². The van der Waals surface area contributed by atoms with Crippen molar-refractivity contribution in [2.24, 2.45) is 0 Å². The van der Waals surface area contributed by atoms with Crippen molar-refractivity contribution in [2.45, 2.75) is 32.2 Å². The summed E-state index contributed by atoms with van der Waals surface area (Å²) < 4.78 is 1.36. The number of fused-ring (bicyclic) bond motifs is 3. The molecular formula is C17H15N3O3S. The van der Waals surface area contributed by atoms with Crippen LogP contribution in [0.4, 0.5) is 0 Å². The molecule has 1 N–H and O–H groups in total. The Labute approximate surface area is 141 Å². The van der Waals surface area contributed by atoms with Gasteiger partial charge in [-0.25, -0.2) is 9.48 Å². The minimum absolute atomic E-state index is 0.110. The van der Waals surface area contributed by atoms with Crippen molar-refractivity contribution in [3.05, 3.63) is 56.2 Å². The van der Waals surface area contributed by atoms with Crippen LogP contribution in [0.3, 0.4) is 0 Å². The highest BCUT2D eigenvalue weighted by Crippen LogP contribution is 2.33. The largest absolute Gasteiger partial charge is 0.478 e. The highest BCUT2D eigenvalue weighted by molar-refractivity contribution is 7.18. The van der Waals surface area contributed by atoms with Gasteiger partial charge in [-0.2, -0.15) is 0 Å². The van der Waals surface area contributed by atoms with Crippen molar-refractivity contribution in [3.8, 4) is 0 Å². The smallest absolute Gasteiger partial charge is 0.335 e. The third-order valence-electron chi connectivity index (χ3n) is 4.38. The summed E-state index contributed by atoms with van der Waals surface area (Å²) in [7, 11) is 0. The van der Waals surface area contributed by atoms with Gasteiger partial charge in [-0.3, -0.25) is 4.79 Å². The van der Waals surface area contributed by atoms with Gasteiger partial charge in [-0.15, -0.1) is 16.4 Å². The summed E-state index contributed by atoms with van der Waals surface area (Å²) >= 11 is 1.58. The number of nitrogens with zero attached hydrogens (tertiary/aromatic N) is 3. The van der Waals surface area contributed by atoms with Crippen molar-refractivity contribution in [2.75, 3.05) is 0 Å². The molecule has 0 spiro atoms. The number of carbonyl (C=O) groups is 1. The minimum Gasteiger partial charge on any atom is -0.478 e. The van der Waals surface area contributed by atoms with Gasteiger partial charge in [0.15, 0.2) is 4.83 Å². The Morgan fingerprint density at radius 2 is 1.96 bits per heavy atom. The molecule has 2 heterocycles. The Hall–Kier alpha value is -2.54. The molecule has 0 atom stereocenters. The fourth-order valence-corrected chi connectivity index (χ4v) is 4.33. The van der Waals surface area contributed by atoms with Gasteiger partial charge in [0.25, 0.3) is 5.56 Å². The number of aromatic carboxylic acids is 1. The van der Waals surface area contributed by atoms with E-state index in [9.17, 15) is 9.59 Å². The number of aromatic nitrogens is 3. The van der Waals surface area contributed by atoms with E-state index in [1.165, 1.54) is 21.7 Å². The quantitative estimate of drug-likeness (QED) is 0.791. The molecule has 0 amide bonds. The maximum absolute atomic E-state index is 12.8. The summed E-state index contributed by atoms with van der Waals surface area (Å²) in [6, 6.07) is 6.46. The van der Waals surface area contributed by atoms with E-state index in [-0.39, 0.29) is 17.7 Å². The lowest BCUT2D eigenvalue weighted by atomic mass is 9.97. The first-order valence-corrected chi connectivity index (χ1v) is 8.65. The number of hydrogen-bond donors (Lipinski definition) is 1.